The summed E-state index contributed by atoms with van der Waals surface area (Å²) in [6.45, 7) is 6.16. The summed E-state index contributed by atoms with van der Waals surface area (Å²) in [5.74, 6) is 1.60. The number of hydrogen-bond acceptors (Lipinski definition) is 4. The van der Waals surface area contributed by atoms with Crippen LogP contribution in [0.25, 0.3) is 6.08 Å². The minimum Gasteiger partial charge on any atom is -0.493 e. The van der Waals surface area contributed by atoms with Crippen molar-refractivity contribution in [1.82, 2.24) is 0 Å². The van der Waals surface area contributed by atoms with E-state index in [1.54, 1.807) is 14.2 Å². The van der Waals surface area contributed by atoms with E-state index in [-0.39, 0.29) is 12.9 Å². The lowest BCUT2D eigenvalue weighted by Crippen LogP contribution is -2.17. The van der Waals surface area contributed by atoms with E-state index in [4.69, 9.17) is 14.2 Å². The molecule has 0 radical (unpaired) electrons. The highest BCUT2D eigenvalue weighted by atomic mass is 16.7. The smallest absolute Gasteiger partial charge is 0.199 e. The van der Waals surface area contributed by atoms with Crippen molar-refractivity contribution in [2.45, 2.75) is 33.5 Å². The average molecular weight is 294 g/mol. The van der Waals surface area contributed by atoms with Gasteiger partial charge in [-0.3, -0.25) is 0 Å². The Bertz CT molecular complexity index is 462. The molecule has 1 unspecified atom stereocenters. The monoisotopic (exact) mass is 294 g/mol. The van der Waals surface area contributed by atoms with Gasteiger partial charge in [0.2, 0.25) is 0 Å². The van der Waals surface area contributed by atoms with Gasteiger partial charge in [-0.15, -0.1) is 0 Å². The standard InChI is InChI=1S/C17H26O4/c1-6-17(20-5)21-16-10-13(7-8-15(16)19-4)9-14(11-18)12(2)3/h7-10,12,17-18H,6,11H2,1-5H3/b14-9+. The van der Waals surface area contributed by atoms with Crippen LogP contribution in [0.3, 0.4) is 0 Å². The second kappa shape index (κ2) is 8.70. The van der Waals surface area contributed by atoms with Gasteiger partial charge in [0.25, 0.3) is 0 Å². The number of aliphatic hydroxyl groups excluding tert-OH is 1. The van der Waals surface area contributed by atoms with Gasteiger partial charge in [0, 0.05) is 13.5 Å². The molecule has 1 atom stereocenters. The maximum Gasteiger partial charge on any atom is 0.199 e. The zero-order valence-corrected chi connectivity index (χ0v) is 13.6. The number of benzene rings is 1. The summed E-state index contributed by atoms with van der Waals surface area (Å²) in [6.07, 6.45) is 2.42. The summed E-state index contributed by atoms with van der Waals surface area (Å²) in [4.78, 5) is 0. The molecular weight excluding hydrogens is 268 g/mol. The fourth-order valence-electron chi connectivity index (χ4n) is 1.92. The van der Waals surface area contributed by atoms with Gasteiger partial charge >= 0.3 is 0 Å². The minimum atomic E-state index is -0.305. The molecule has 0 heterocycles. The van der Waals surface area contributed by atoms with Crippen LogP contribution < -0.4 is 9.47 Å². The summed E-state index contributed by atoms with van der Waals surface area (Å²) < 4.78 is 16.4. The Balaban J connectivity index is 3.09. The van der Waals surface area contributed by atoms with E-state index in [2.05, 4.69) is 13.8 Å². The van der Waals surface area contributed by atoms with Crippen molar-refractivity contribution in [3.8, 4) is 11.5 Å². The minimum absolute atomic E-state index is 0.0511. The third-order valence-electron chi connectivity index (χ3n) is 3.32. The van der Waals surface area contributed by atoms with Crippen molar-refractivity contribution in [2.24, 2.45) is 5.92 Å². The van der Waals surface area contributed by atoms with Crippen molar-refractivity contribution < 1.29 is 19.3 Å². The zero-order valence-electron chi connectivity index (χ0n) is 13.6. The van der Waals surface area contributed by atoms with Crippen LogP contribution in [0.4, 0.5) is 0 Å². The fourth-order valence-corrected chi connectivity index (χ4v) is 1.92. The first-order valence-electron chi connectivity index (χ1n) is 7.24. The predicted octanol–water partition coefficient (Wildman–Crippen LogP) is 3.49. The van der Waals surface area contributed by atoms with Crippen LogP contribution in [0.5, 0.6) is 11.5 Å². The molecule has 1 aromatic carbocycles. The van der Waals surface area contributed by atoms with Gasteiger partial charge < -0.3 is 19.3 Å². The highest BCUT2D eigenvalue weighted by molar-refractivity contribution is 5.58. The summed E-state index contributed by atoms with van der Waals surface area (Å²) in [5.41, 5.74) is 1.94. The summed E-state index contributed by atoms with van der Waals surface area (Å²) in [7, 11) is 3.23. The Morgan fingerprint density at radius 3 is 2.43 bits per heavy atom. The molecule has 0 aliphatic heterocycles. The van der Waals surface area contributed by atoms with Crippen molar-refractivity contribution in [3.05, 3.63) is 29.3 Å². The van der Waals surface area contributed by atoms with Gasteiger partial charge in [-0.25, -0.2) is 0 Å². The summed E-state index contributed by atoms with van der Waals surface area (Å²) in [6, 6.07) is 5.70. The summed E-state index contributed by atoms with van der Waals surface area (Å²) >= 11 is 0. The van der Waals surface area contributed by atoms with Gasteiger partial charge in [-0.2, -0.15) is 0 Å². The van der Waals surface area contributed by atoms with E-state index in [1.807, 2.05) is 31.2 Å². The van der Waals surface area contributed by atoms with Crippen molar-refractivity contribution in [3.63, 3.8) is 0 Å². The van der Waals surface area contributed by atoms with Crippen LogP contribution in [0, 0.1) is 5.92 Å². The maximum atomic E-state index is 9.41. The van der Waals surface area contributed by atoms with Crippen LogP contribution in [0.2, 0.25) is 0 Å². The fraction of sp³-hybridized carbons (Fsp3) is 0.529. The molecule has 118 valence electrons. The lowest BCUT2D eigenvalue weighted by Gasteiger charge is -2.18. The molecule has 0 fully saturated rings. The number of aliphatic hydroxyl groups is 1. The molecule has 0 aliphatic carbocycles. The molecule has 0 aliphatic rings. The third-order valence-corrected chi connectivity index (χ3v) is 3.32. The lowest BCUT2D eigenvalue weighted by molar-refractivity contribution is -0.0559. The van der Waals surface area contributed by atoms with Crippen molar-refractivity contribution in [2.75, 3.05) is 20.8 Å². The molecule has 1 N–H and O–H groups in total. The van der Waals surface area contributed by atoms with Gasteiger partial charge in [0.05, 0.1) is 13.7 Å². The molecule has 1 rings (SSSR count). The molecule has 0 aromatic heterocycles. The summed E-state index contributed by atoms with van der Waals surface area (Å²) in [5, 5.41) is 9.41. The SMILES string of the molecule is CCC(OC)Oc1cc(/C=C(\CO)C(C)C)ccc1OC. The van der Waals surface area contributed by atoms with Gasteiger partial charge in [-0.05, 0) is 29.2 Å². The first kappa shape index (κ1) is 17.5. The van der Waals surface area contributed by atoms with Crippen LogP contribution >= 0.6 is 0 Å². The van der Waals surface area contributed by atoms with E-state index in [9.17, 15) is 5.11 Å². The highest BCUT2D eigenvalue weighted by Crippen LogP contribution is 2.30. The number of rotatable bonds is 8. The van der Waals surface area contributed by atoms with E-state index in [0.717, 1.165) is 17.6 Å². The maximum absolute atomic E-state index is 9.41. The van der Waals surface area contributed by atoms with Crippen molar-refractivity contribution >= 4 is 6.08 Å². The predicted molar refractivity (Wildman–Crippen MR) is 84.6 cm³/mol. The second-order valence-corrected chi connectivity index (χ2v) is 5.13. The largest absolute Gasteiger partial charge is 0.493 e. The molecule has 0 saturated carbocycles. The Kier molecular flexibility index (Phi) is 7.26. The second-order valence-electron chi connectivity index (χ2n) is 5.13. The van der Waals surface area contributed by atoms with Gasteiger partial charge in [0.15, 0.2) is 17.8 Å². The Morgan fingerprint density at radius 1 is 1.24 bits per heavy atom. The first-order valence-corrected chi connectivity index (χ1v) is 7.24. The van der Waals surface area contributed by atoms with E-state index in [0.29, 0.717) is 17.4 Å². The van der Waals surface area contributed by atoms with Crippen molar-refractivity contribution in [1.29, 1.82) is 0 Å². The molecule has 0 bridgehead atoms. The van der Waals surface area contributed by atoms with Gasteiger partial charge in [-0.1, -0.05) is 32.9 Å². The van der Waals surface area contributed by atoms with Gasteiger partial charge in [0.1, 0.15) is 0 Å². The molecular formula is C17H26O4. The van der Waals surface area contributed by atoms with Crippen LogP contribution in [-0.2, 0) is 4.74 Å². The first-order chi connectivity index (χ1) is 10.0. The molecule has 0 amide bonds. The Labute approximate surface area is 127 Å². The number of methoxy groups -OCH3 is 2. The molecule has 21 heavy (non-hydrogen) atoms. The molecule has 4 nitrogen and oxygen atoms in total. The van der Waals surface area contributed by atoms with E-state index >= 15 is 0 Å². The molecule has 0 saturated heterocycles. The van der Waals surface area contributed by atoms with Crippen LogP contribution in [0.15, 0.2) is 23.8 Å². The topological polar surface area (TPSA) is 47.9 Å². The normalized spacial score (nSPS) is 13.4. The molecule has 0 spiro atoms. The van der Waals surface area contributed by atoms with Crippen LogP contribution in [-0.4, -0.2) is 32.2 Å². The van der Waals surface area contributed by atoms with E-state index < -0.39 is 0 Å². The highest BCUT2D eigenvalue weighted by Gasteiger charge is 2.12. The number of ether oxygens (including phenoxy) is 3. The Hall–Kier alpha value is -1.52. The van der Waals surface area contributed by atoms with E-state index in [1.165, 1.54) is 0 Å². The van der Waals surface area contributed by atoms with Crippen LogP contribution in [0.1, 0.15) is 32.8 Å². The zero-order chi connectivity index (χ0) is 15.8. The molecule has 4 heteroatoms. The molecule has 1 aromatic rings. The third kappa shape index (κ3) is 5.06. The lowest BCUT2D eigenvalue weighted by atomic mass is 10.0. The quantitative estimate of drug-likeness (QED) is 0.746. The Morgan fingerprint density at radius 2 is 1.95 bits per heavy atom. The average Bonchev–Trinajstić information content (AvgIpc) is 2.49. The number of hydrogen-bond donors (Lipinski definition) is 1.